The molecule has 1 aliphatic heterocycles. The molecule has 8 heteroatoms. The lowest BCUT2D eigenvalue weighted by atomic mass is 9.98. The molecule has 0 saturated carbocycles. The molecule has 1 amide bonds. The minimum atomic E-state index is -1.41. The van der Waals surface area contributed by atoms with Crippen LogP contribution in [0, 0.1) is 27.7 Å². The number of likely N-dealkylation sites (tertiary alicyclic amines) is 1. The zero-order chi connectivity index (χ0) is 15.6. The summed E-state index contributed by atoms with van der Waals surface area (Å²) in [6.07, 6.45) is 1.46. The van der Waals surface area contributed by atoms with Gasteiger partial charge in [0.25, 0.3) is 5.91 Å². The number of nitro benzene ring substituents is 1. The lowest BCUT2D eigenvalue weighted by Crippen LogP contribution is -2.39. The van der Waals surface area contributed by atoms with Crippen molar-refractivity contribution in [3.8, 4) is 0 Å². The van der Waals surface area contributed by atoms with E-state index < -0.39 is 33.7 Å². The average Bonchev–Trinajstić information content (AvgIpc) is 2.46. The van der Waals surface area contributed by atoms with Crippen LogP contribution >= 0.6 is 15.9 Å². The normalized spacial score (nSPS) is 16.0. The molecule has 1 heterocycles. The highest BCUT2D eigenvalue weighted by molar-refractivity contribution is 9.09. The molecule has 0 unspecified atom stereocenters. The zero-order valence-corrected chi connectivity index (χ0v) is 12.6. The van der Waals surface area contributed by atoms with E-state index in [1.165, 1.54) is 4.90 Å². The first-order valence-electron chi connectivity index (χ1n) is 6.43. The van der Waals surface area contributed by atoms with Gasteiger partial charge in [-0.2, -0.15) is 4.39 Å². The molecule has 0 radical (unpaired) electrons. The van der Waals surface area contributed by atoms with Gasteiger partial charge in [0, 0.05) is 24.5 Å². The van der Waals surface area contributed by atoms with Gasteiger partial charge in [-0.25, -0.2) is 4.39 Å². The number of amides is 1. The first kappa shape index (κ1) is 15.8. The monoisotopic (exact) mass is 362 g/mol. The Morgan fingerprint density at radius 2 is 2.00 bits per heavy atom. The van der Waals surface area contributed by atoms with Crippen LogP contribution in [0.3, 0.4) is 0 Å². The molecule has 0 aliphatic carbocycles. The molecule has 21 heavy (non-hydrogen) atoms. The fraction of sp³-hybridized carbons (Fsp3) is 0.462. The van der Waals surface area contributed by atoms with Crippen molar-refractivity contribution in [2.75, 3.05) is 18.4 Å². The topological polar surface area (TPSA) is 63.4 Å². The SMILES string of the molecule is O=C(c1c(F)ccc([N+](=O)[O-])c1F)N1CCC(CBr)CC1. The van der Waals surface area contributed by atoms with Crippen LogP contribution in [-0.2, 0) is 0 Å². The summed E-state index contributed by atoms with van der Waals surface area (Å²) in [5, 5.41) is 11.5. The third kappa shape index (κ3) is 3.20. The first-order valence-corrected chi connectivity index (χ1v) is 7.55. The number of rotatable bonds is 3. The fourth-order valence-corrected chi connectivity index (χ4v) is 2.97. The van der Waals surface area contributed by atoms with Gasteiger partial charge in [-0.1, -0.05) is 15.9 Å². The van der Waals surface area contributed by atoms with Crippen molar-refractivity contribution in [1.29, 1.82) is 0 Å². The van der Waals surface area contributed by atoms with E-state index in [1.807, 2.05) is 0 Å². The van der Waals surface area contributed by atoms with Crippen LogP contribution in [0.5, 0.6) is 0 Å². The van der Waals surface area contributed by atoms with E-state index >= 15 is 0 Å². The fourth-order valence-electron chi connectivity index (χ4n) is 2.33. The summed E-state index contributed by atoms with van der Waals surface area (Å²) in [5.74, 6) is -2.89. The summed E-state index contributed by atoms with van der Waals surface area (Å²) in [7, 11) is 0. The molecule has 0 N–H and O–H groups in total. The minimum absolute atomic E-state index is 0.386. The highest BCUT2D eigenvalue weighted by atomic mass is 79.9. The smallest absolute Gasteiger partial charge is 0.305 e. The molecule has 1 aliphatic rings. The summed E-state index contributed by atoms with van der Waals surface area (Å²) in [6.45, 7) is 0.771. The van der Waals surface area contributed by atoms with Crippen LogP contribution in [0.1, 0.15) is 23.2 Å². The van der Waals surface area contributed by atoms with Crippen molar-refractivity contribution < 1.29 is 18.5 Å². The molecule has 0 spiro atoms. The standard InChI is InChI=1S/C13H13BrF2N2O3/c14-7-8-3-5-17(6-4-8)13(19)11-9(15)1-2-10(12(11)16)18(20)21/h1-2,8H,3-7H2. The number of carbonyl (C=O) groups excluding carboxylic acids is 1. The molecule has 0 aromatic heterocycles. The lowest BCUT2D eigenvalue weighted by Gasteiger charge is -2.31. The molecule has 0 atom stereocenters. The van der Waals surface area contributed by atoms with Crippen molar-refractivity contribution in [3.63, 3.8) is 0 Å². The maximum atomic E-state index is 14.0. The minimum Gasteiger partial charge on any atom is -0.338 e. The van der Waals surface area contributed by atoms with Gasteiger partial charge in [-0.15, -0.1) is 0 Å². The molecule has 2 rings (SSSR count). The molecule has 5 nitrogen and oxygen atoms in total. The van der Waals surface area contributed by atoms with E-state index in [1.54, 1.807) is 0 Å². The van der Waals surface area contributed by atoms with E-state index in [9.17, 15) is 23.7 Å². The van der Waals surface area contributed by atoms with Crippen molar-refractivity contribution in [1.82, 2.24) is 4.90 Å². The summed E-state index contributed by atoms with van der Waals surface area (Å²) < 4.78 is 27.7. The Hall–Kier alpha value is -1.57. The maximum absolute atomic E-state index is 14.0. The predicted molar refractivity (Wildman–Crippen MR) is 75.4 cm³/mol. The lowest BCUT2D eigenvalue weighted by molar-refractivity contribution is -0.387. The van der Waals surface area contributed by atoms with Crippen LogP contribution in [0.25, 0.3) is 0 Å². The molecular formula is C13H13BrF2N2O3. The Bertz CT molecular complexity index is 575. The molecule has 1 saturated heterocycles. The van der Waals surface area contributed by atoms with Gasteiger partial charge in [-0.05, 0) is 24.8 Å². The second-order valence-corrected chi connectivity index (χ2v) is 5.55. The average molecular weight is 363 g/mol. The maximum Gasteiger partial charge on any atom is 0.305 e. The van der Waals surface area contributed by atoms with E-state index in [0.717, 1.165) is 30.3 Å². The van der Waals surface area contributed by atoms with Gasteiger partial charge in [0.2, 0.25) is 5.82 Å². The summed E-state index contributed by atoms with van der Waals surface area (Å²) in [6, 6.07) is 1.47. The van der Waals surface area contributed by atoms with Gasteiger partial charge in [-0.3, -0.25) is 14.9 Å². The van der Waals surface area contributed by atoms with Gasteiger partial charge in [0.05, 0.1) is 4.92 Å². The number of piperidine rings is 1. The molecule has 114 valence electrons. The van der Waals surface area contributed by atoms with Crippen LogP contribution in [0.2, 0.25) is 0 Å². The zero-order valence-electron chi connectivity index (χ0n) is 11.0. The summed E-state index contributed by atoms with van der Waals surface area (Å²) in [5.41, 5.74) is -1.74. The number of hydrogen-bond acceptors (Lipinski definition) is 3. The van der Waals surface area contributed by atoms with Crippen molar-refractivity contribution >= 4 is 27.5 Å². The van der Waals surface area contributed by atoms with E-state index in [0.29, 0.717) is 19.0 Å². The molecule has 1 fully saturated rings. The number of hydrogen-bond donors (Lipinski definition) is 0. The highest BCUT2D eigenvalue weighted by Gasteiger charge is 2.31. The Morgan fingerprint density at radius 3 is 2.52 bits per heavy atom. The Balaban J connectivity index is 2.27. The number of nitro groups is 1. The summed E-state index contributed by atoms with van der Waals surface area (Å²) >= 11 is 3.36. The number of alkyl halides is 1. The third-order valence-corrected chi connectivity index (χ3v) is 4.52. The van der Waals surface area contributed by atoms with Gasteiger partial charge in [0.1, 0.15) is 11.4 Å². The number of benzene rings is 1. The number of carbonyl (C=O) groups is 1. The Labute approximate surface area is 128 Å². The van der Waals surface area contributed by atoms with Crippen molar-refractivity contribution in [2.45, 2.75) is 12.8 Å². The van der Waals surface area contributed by atoms with Crippen molar-refractivity contribution in [2.24, 2.45) is 5.92 Å². The quantitative estimate of drug-likeness (QED) is 0.471. The van der Waals surface area contributed by atoms with Crippen LogP contribution in [0.4, 0.5) is 14.5 Å². The largest absolute Gasteiger partial charge is 0.338 e. The van der Waals surface area contributed by atoms with Crippen molar-refractivity contribution in [3.05, 3.63) is 39.4 Å². The summed E-state index contributed by atoms with van der Waals surface area (Å²) in [4.78, 5) is 23.3. The van der Waals surface area contributed by atoms with Crippen LogP contribution < -0.4 is 0 Å². The van der Waals surface area contributed by atoms with E-state index in [4.69, 9.17) is 0 Å². The Kier molecular flexibility index (Phi) is 4.87. The van der Waals surface area contributed by atoms with Crippen LogP contribution in [-0.4, -0.2) is 34.2 Å². The number of halogens is 3. The first-order chi connectivity index (χ1) is 9.95. The second kappa shape index (κ2) is 6.46. The molecule has 0 bridgehead atoms. The predicted octanol–water partition coefficient (Wildman–Crippen LogP) is 3.12. The number of nitrogens with zero attached hydrogens (tertiary/aromatic N) is 2. The van der Waals surface area contributed by atoms with Crippen LogP contribution in [0.15, 0.2) is 12.1 Å². The van der Waals surface area contributed by atoms with Gasteiger partial charge < -0.3 is 4.90 Å². The van der Waals surface area contributed by atoms with E-state index in [2.05, 4.69) is 15.9 Å². The second-order valence-electron chi connectivity index (χ2n) is 4.90. The highest BCUT2D eigenvalue weighted by Crippen LogP contribution is 2.26. The molecular weight excluding hydrogens is 350 g/mol. The molecule has 1 aromatic carbocycles. The third-order valence-electron chi connectivity index (χ3n) is 3.60. The molecule has 1 aromatic rings. The van der Waals surface area contributed by atoms with E-state index in [-0.39, 0.29) is 0 Å². The van der Waals surface area contributed by atoms with Gasteiger partial charge >= 0.3 is 5.69 Å². The Morgan fingerprint density at radius 1 is 1.38 bits per heavy atom. The van der Waals surface area contributed by atoms with Gasteiger partial charge in [0.15, 0.2) is 0 Å².